The van der Waals surface area contributed by atoms with E-state index < -0.39 is 0 Å². The first kappa shape index (κ1) is 20.3. The second kappa shape index (κ2) is 8.58. The van der Waals surface area contributed by atoms with Gasteiger partial charge in [0.2, 0.25) is 0 Å². The van der Waals surface area contributed by atoms with Gasteiger partial charge in [0, 0.05) is 40.9 Å². The van der Waals surface area contributed by atoms with E-state index >= 15 is 0 Å². The van der Waals surface area contributed by atoms with Crippen molar-refractivity contribution in [1.29, 1.82) is 0 Å². The van der Waals surface area contributed by atoms with Crippen LogP contribution in [0.4, 0.5) is 5.69 Å². The molecule has 0 bridgehead atoms. The molecule has 4 nitrogen and oxygen atoms in total. The number of ether oxygens (including phenoxy) is 2. The Morgan fingerprint density at radius 3 is 2.22 bits per heavy atom. The molecule has 1 N–H and O–H groups in total. The highest BCUT2D eigenvalue weighted by Gasteiger charge is 2.23. The Hall–Kier alpha value is -3.01. The summed E-state index contributed by atoms with van der Waals surface area (Å²) in [5.74, 6) is 1.30. The molecule has 0 aliphatic carbocycles. The minimum absolute atomic E-state index is 0.0694. The van der Waals surface area contributed by atoms with Crippen molar-refractivity contribution >= 4 is 17.5 Å². The van der Waals surface area contributed by atoms with Crippen molar-refractivity contribution in [2.45, 2.75) is 19.3 Å². The van der Waals surface area contributed by atoms with Crippen molar-refractivity contribution in [3.05, 3.63) is 71.8 Å². The Balaban J connectivity index is 2.41. The molecule has 0 radical (unpaired) electrons. The Morgan fingerprint density at radius 2 is 1.70 bits per heavy atom. The summed E-state index contributed by atoms with van der Waals surface area (Å²) in [5.41, 5.74) is 3.09. The first-order valence-electron chi connectivity index (χ1n) is 8.76. The fourth-order valence-electron chi connectivity index (χ4n) is 2.73. The number of anilines is 1. The highest BCUT2D eigenvalue weighted by Crippen LogP contribution is 2.38. The van der Waals surface area contributed by atoms with Crippen LogP contribution in [0.2, 0.25) is 0 Å². The van der Waals surface area contributed by atoms with Gasteiger partial charge in [-0.05, 0) is 42.5 Å². The molecule has 0 heterocycles. The summed E-state index contributed by atoms with van der Waals surface area (Å²) in [6.45, 7) is 8.04. The Morgan fingerprint density at radius 1 is 1.07 bits per heavy atom. The highest BCUT2D eigenvalue weighted by atomic mass is 16.5. The van der Waals surface area contributed by atoms with Gasteiger partial charge >= 0.3 is 0 Å². The zero-order chi connectivity index (χ0) is 20.0. The van der Waals surface area contributed by atoms with Crippen LogP contribution in [-0.4, -0.2) is 27.1 Å². The van der Waals surface area contributed by atoms with E-state index in [0.717, 1.165) is 22.6 Å². The molecule has 142 valence electrons. The first-order valence-corrected chi connectivity index (χ1v) is 8.76. The van der Waals surface area contributed by atoms with E-state index in [1.165, 1.54) is 0 Å². The number of methoxy groups -OCH3 is 2. The van der Waals surface area contributed by atoms with Crippen molar-refractivity contribution in [2.75, 3.05) is 26.6 Å². The van der Waals surface area contributed by atoms with Gasteiger partial charge in [0.1, 0.15) is 11.5 Å². The second-order valence-electron chi connectivity index (χ2n) is 6.75. The number of rotatable bonds is 8. The van der Waals surface area contributed by atoms with Gasteiger partial charge in [-0.3, -0.25) is 4.79 Å². The summed E-state index contributed by atoms with van der Waals surface area (Å²) in [6, 6.07) is 11.2. The largest absolute Gasteiger partial charge is 0.496 e. The summed E-state index contributed by atoms with van der Waals surface area (Å²) >= 11 is 0. The number of allylic oxidation sites excluding steroid dienone is 2. The quantitative estimate of drug-likeness (QED) is 0.401. The van der Waals surface area contributed by atoms with E-state index in [2.05, 4.69) is 25.7 Å². The second-order valence-corrected chi connectivity index (χ2v) is 6.75. The number of carbonyl (C=O) groups is 1. The topological polar surface area (TPSA) is 47.6 Å². The van der Waals surface area contributed by atoms with Gasteiger partial charge in [-0.2, -0.15) is 0 Å². The van der Waals surface area contributed by atoms with Crippen LogP contribution in [0.3, 0.4) is 0 Å². The molecule has 0 aliphatic rings. The maximum Gasteiger partial charge on any atom is 0.185 e. The molecule has 0 saturated heterocycles. The maximum atomic E-state index is 12.5. The predicted octanol–water partition coefficient (Wildman–Crippen LogP) is 5.11. The average molecular weight is 365 g/mol. The molecule has 0 unspecified atom stereocenters. The van der Waals surface area contributed by atoms with Gasteiger partial charge < -0.3 is 14.8 Å². The van der Waals surface area contributed by atoms with Crippen LogP contribution in [0.15, 0.2) is 55.1 Å². The van der Waals surface area contributed by atoms with Gasteiger partial charge in [-0.15, -0.1) is 6.58 Å². The predicted molar refractivity (Wildman–Crippen MR) is 112 cm³/mol. The normalized spacial score (nSPS) is 11.3. The Bertz CT molecular complexity index is 849. The Kier molecular flexibility index (Phi) is 6.45. The molecular weight excluding hydrogens is 338 g/mol. The van der Waals surface area contributed by atoms with Gasteiger partial charge in [0.15, 0.2) is 5.78 Å². The Labute approximate surface area is 161 Å². The monoisotopic (exact) mass is 365 g/mol. The summed E-state index contributed by atoms with van der Waals surface area (Å²) in [6.07, 6.45) is 5.21. The van der Waals surface area contributed by atoms with E-state index in [0.29, 0.717) is 11.3 Å². The van der Waals surface area contributed by atoms with Crippen molar-refractivity contribution in [1.82, 2.24) is 0 Å². The van der Waals surface area contributed by atoms with Crippen LogP contribution < -0.4 is 14.8 Å². The standard InChI is InChI=1S/C23H27NO3/c1-7-23(2,3)19-14-17(21(26-5)15-22(19)27-6)10-13-20(25)16-8-11-18(24-4)12-9-16/h7-15,24H,1H2,2-6H3/b13-10+. The van der Waals surface area contributed by atoms with Crippen LogP contribution >= 0.6 is 0 Å². The molecule has 0 spiro atoms. The molecule has 2 rings (SSSR count). The van der Waals surface area contributed by atoms with Crippen LogP contribution in [0.1, 0.15) is 35.3 Å². The molecule has 0 amide bonds. The lowest BCUT2D eigenvalue weighted by molar-refractivity contribution is 0.104. The van der Waals surface area contributed by atoms with Crippen molar-refractivity contribution in [3.63, 3.8) is 0 Å². The van der Waals surface area contributed by atoms with Crippen molar-refractivity contribution in [3.8, 4) is 11.5 Å². The molecule has 0 atom stereocenters. The summed E-state index contributed by atoms with van der Waals surface area (Å²) in [7, 11) is 5.07. The zero-order valence-electron chi connectivity index (χ0n) is 16.6. The molecule has 2 aromatic carbocycles. The summed E-state index contributed by atoms with van der Waals surface area (Å²) in [4.78, 5) is 12.5. The van der Waals surface area contributed by atoms with E-state index in [-0.39, 0.29) is 11.2 Å². The van der Waals surface area contributed by atoms with E-state index in [1.54, 1.807) is 38.5 Å². The fourth-order valence-corrected chi connectivity index (χ4v) is 2.73. The SMILES string of the molecule is C=CC(C)(C)c1cc(/C=C/C(=O)c2ccc(NC)cc2)c(OC)cc1OC. The third kappa shape index (κ3) is 4.59. The van der Waals surface area contributed by atoms with Crippen LogP contribution in [0.25, 0.3) is 6.08 Å². The highest BCUT2D eigenvalue weighted by molar-refractivity contribution is 6.07. The molecule has 0 aromatic heterocycles. The van der Waals surface area contributed by atoms with E-state index in [1.807, 2.05) is 37.4 Å². The first-order chi connectivity index (χ1) is 12.9. The molecule has 0 saturated carbocycles. The number of hydrogen-bond acceptors (Lipinski definition) is 4. The average Bonchev–Trinajstić information content (AvgIpc) is 2.71. The number of benzene rings is 2. The van der Waals surface area contributed by atoms with Crippen LogP contribution in [0.5, 0.6) is 11.5 Å². The third-order valence-corrected chi connectivity index (χ3v) is 4.63. The molecule has 0 aliphatic heterocycles. The minimum Gasteiger partial charge on any atom is -0.496 e. The van der Waals surface area contributed by atoms with Crippen LogP contribution in [-0.2, 0) is 5.41 Å². The van der Waals surface area contributed by atoms with Gasteiger partial charge in [0.25, 0.3) is 0 Å². The summed E-state index contributed by atoms with van der Waals surface area (Å²) in [5, 5.41) is 3.04. The number of carbonyl (C=O) groups excluding carboxylic acids is 1. The zero-order valence-corrected chi connectivity index (χ0v) is 16.6. The lowest BCUT2D eigenvalue weighted by atomic mass is 9.83. The number of hydrogen-bond donors (Lipinski definition) is 1. The summed E-state index contributed by atoms with van der Waals surface area (Å²) < 4.78 is 11.0. The smallest absolute Gasteiger partial charge is 0.185 e. The molecule has 0 fully saturated rings. The third-order valence-electron chi connectivity index (χ3n) is 4.63. The molecular formula is C23H27NO3. The molecule has 27 heavy (non-hydrogen) atoms. The lowest BCUT2D eigenvalue weighted by Gasteiger charge is -2.24. The van der Waals surface area contributed by atoms with Crippen molar-refractivity contribution < 1.29 is 14.3 Å². The minimum atomic E-state index is -0.285. The van der Waals surface area contributed by atoms with E-state index in [9.17, 15) is 4.79 Å². The lowest BCUT2D eigenvalue weighted by Crippen LogP contribution is -2.15. The van der Waals surface area contributed by atoms with Crippen LogP contribution in [0, 0.1) is 0 Å². The van der Waals surface area contributed by atoms with Gasteiger partial charge in [0.05, 0.1) is 14.2 Å². The van der Waals surface area contributed by atoms with Gasteiger partial charge in [-0.25, -0.2) is 0 Å². The number of ketones is 1. The fraction of sp³-hybridized carbons (Fsp3) is 0.261. The number of nitrogens with one attached hydrogen (secondary N) is 1. The van der Waals surface area contributed by atoms with Crippen molar-refractivity contribution in [2.24, 2.45) is 0 Å². The van der Waals surface area contributed by atoms with Gasteiger partial charge in [-0.1, -0.05) is 19.9 Å². The molecule has 4 heteroatoms. The van der Waals surface area contributed by atoms with E-state index in [4.69, 9.17) is 9.47 Å². The molecule has 2 aromatic rings. The maximum absolute atomic E-state index is 12.5.